The normalized spacial score (nSPS) is 9.94. The Balaban J connectivity index is 2.62. The fourth-order valence-corrected chi connectivity index (χ4v) is 1.85. The van der Waals surface area contributed by atoms with Crippen LogP contribution in [-0.2, 0) is 0 Å². The summed E-state index contributed by atoms with van der Waals surface area (Å²) >= 11 is 0. The van der Waals surface area contributed by atoms with Crippen molar-refractivity contribution in [2.24, 2.45) is 0 Å². The molecular weight excluding hydrogens is 228 g/mol. The van der Waals surface area contributed by atoms with Gasteiger partial charge in [-0.3, -0.25) is 0 Å². The van der Waals surface area contributed by atoms with Crippen LogP contribution in [0.4, 0.5) is 0 Å². The summed E-state index contributed by atoms with van der Waals surface area (Å²) in [7, 11) is 4.79. The van der Waals surface area contributed by atoms with Crippen LogP contribution < -0.4 is 14.2 Å². The van der Waals surface area contributed by atoms with Crippen LogP contribution in [0.3, 0.4) is 0 Å². The smallest absolute Gasteiger partial charge is 0.203 e. The van der Waals surface area contributed by atoms with Gasteiger partial charge in [0, 0.05) is 5.56 Å². The van der Waals surface area contributed by atoms with Gasteiger partial charge in [0.05, 0.1) is 21.3 Å². The monoisotopic (exact) mass is 243 g/mol. The van der Waals surface area contributed by atoms with E-state index in [1.54, 1.807) is 27.4 Å². The van der Waals surface area contributed by atoms with Gasteiger partial charge >= 0.3 is 0 Å². The molecule has 3 heteroatoms. The summed E-state index contributed by atoms with van der Waals surface area (Å²) in [6, 6.07) is 14.8. The van der Waals surface area contributed by atoms with E-state index in [1.165, 1.54) is 0 Å². The average molecular weight is 243 g/mol. The third-order valence-corrected chi connectivity index (χ3v) is 2.70. The van der Waals surface area contributed by atoms with E-state index in [9.17, 15) is 0 Å². The maximum absolute atomic E-state index is 5.43. The predicted molar refractivity (Wildman–Crippen MR) is 70.4 cm³/mol. The topological polar surface area (TPSA) is 27.7 Å². The van der Waals surface area contributed by atoms with Gasteiger partial charge in [-0.05, 0) is 17.7 Å². The molecule has 0 aliphatic carbocycles. The van der Waals surface area contributed by atoms with Gasteiger partial charge in [-0.15, -0.1) is 0 Å². The van der Waals surface area contributed by atoms with Crippen molar-refractivity contribution in [1.82, 2.24) is 0 Å². The second kappa shape index (κ2) is 5.45. The Hall–Kier alpha value is -2.16. The van der Waals surface area contributed by atoms with Crippen molar-refractivity contribution in [1.29, 1.82) is 0 Å². The zero-order valence-electron chi connectivity index (χ0n) is 10.7. The summed E-state index contributed by atoms with van der Waals surface area (Å²) in [6.07, 6.45) is 0. The molecule has 0 atom stereocenters. The summed E-state index contributed by atoms with van der Waals surface area (Å²) < 4.78 is 16.0. The summed E-state index contributed by atoms with van der Waals surface area (Å²) in [5.41, 5.74) is 1.88. The highest BCUT2D eigenvalue weighted by Gasteiger charge is 2.16. The first-order valence-corrected chi connectivity index (χ1v) is 5.58. The summed E-state index contributed by atoms with van der Waals surface area (Å²) in [4.78, 5) is 0. The fraction of sp³-hybridized carbons (Fsp3) is 0.200. The molecule has 0 aliphatic rings. The van der Waals surface area contributed by atoms with Gasteiger partial charge in [0.15, 0.2) is 11.5 Å². The van der Waals surface area contributed by atoms with Crippen LogP contribution in [0.2, 0.25) is 0 Å². The number of ether oxygens (including phenoxy) is 3. The zero-order valence-corrected chi connectivity index (χ0v) is 10.7. The highest BCUT2D eigenvalue weighted by Crippen LogP contribution is 2.43. The molecule has 93 valence electrons. The third kappa shape index (κ3) is 2.12. The minimum absolute atomic E-state index is 0.581. The molecule has 0 fully saturated rings. The van der Waals surface area contributed by atoms with Crippen LogP contribution in [0.25, 0.3) is 11.1 Å². The van der Waals surface area contributed by atoms with Crippen LogP contribution in [0.15, 0.2) is 36.4 Å². The molecule has 0 aliphatic heterocycles. The first-order chi connectivity index (χ1) is 8.81. The molecule has 0 aromatic heterocycles. The Bertz CT molecular complexity index is 521. The highest BCUT2D eigenvalue weighted by molar-refractivity contribution is 5.75. The van der Waals surface area contributed by atoms with Crippen LogP contribution >= 0.6 is 0 Å². The van der Waals surface area contributed by atoms with Crippen LogP contribution in [0, 0.1) is 6.07 Å². The van der Waals surface area contributed by atoms with E-state index in [2.05, 4.69) is 6.07 Å². The van der Waals surface area contributed by atoms with Crippen molar-refractivity contribution in [3.05, 3.63) is 42.5 Å². The second-order valence-electron chi connectivity index (χ2n) is 3.66. The molecule has 0 amide bonds. The lowest BCUT2D eigenvalue weighted by Gasteiger charge is -2.15. The molecule has 0 unspecified atom stereocenters. The van der Waals surface area contributed by atoms with E-state index in [4.69, 9.17) is 14.2 Å². The molecule has 1 radical (unpaired) electrons. The quantitative estimate of drug-likeness (QED) is 0.825. The molecule has 0 bridgehead atoms. The second-order valence-corrected chi connectivity index (χ2v) is 3.66. The van der Waals surface area contributed by atoms with Crippen molar-refractivity contribution in [2.45, 2.75) is 0 Å². The Morgan fingerprint density at radius 1 is 0.833 bits per heavy atom. The van der Waals surface area contributed by atoms with Crippen LogP contribution in [-0.4, -0.2) is 21.3 Å². The number of methoxy groups -OCH3 is 3. The molecule has 0 spiro atoms. The summed E-state index contributed by atoms with van der Waals surface area (Å²) in [5.74, 6) is 1.81. The minimum atomic E-state index is 0.581. The zero-order chi connectivity index (χ0) is 13.0. The molecular formula is C15H15O3. The molecule has 0 N–H and O–H groups in total. The SMILES string of the molecule is COc1c[c]c(-c2ccccc2)c(OC)c1OC. The van der Waals surface area contributed by atoms with Gasteiger partial charge in [-0.25, -0.2) is 0 Å². The first kappa shape index (κ1) is 12.3. The van der Waals surface area contributed by atoms with Crippen molar-refractivity contribution in [2.75, 3.05) is 21.3 Å². The largest absolute Gasteiger partial charge is 0.493 e. The van der Waals surface area contributed by atoms with E-state index < -0.39 is 0 Å². The first-order valence-electron chi connectivity index (χ1n) is 5.58. The Kier molecular flexibility index (Phi) is 3.72. The molecule has 2 rings (SSSR count). The molecule has 3 nitrogen and oxygen atoms in total. The van der Waals surface area contributed by atoms with Gasteiger partial charge in [-0.1, -0.05) is 30.3 Å². The average Bonchev–Trinajstić information content (AvgIpc) is 2.46. The molecule has 0 saturated carbocycles. The van der Waals surface area contributed by atoms with Gasteiger partial charge in [0.25, 0.3) is 0 Å². The maximum Gasteiger partial charge on any atom is 0.203 e. The molecule has 2 aromatic rings. The Morgan fingerprint density at radius 2 is 1.50 bits per heavy atom. The number of benzene rings is 2. The molecule has 0 heterocycles. The van der Waals surface area contributed by atoms with Gasteiger partial charge in [0.2, 0.25) is 5.75 Å². The van der Waals surface area contributed by atoms with Crippen molar-refractivity contribution < 1.29 is 14.2 Å². The van der Waals surface area contributed by atoms with E-state index in [0.717, 1.165) is 11.1 Å². The van der Waals surface area contributed by atoms with Crippen molar-refractivity contribution in [3.8, 4) is 28.4 Å². The lowest BCUT2D eigenvalue weighted by molar-refractivity contribution is 0.325. The summed E-state index contributed by atoms with van der Waals surface area (Å²) in [5, 5.41) is 0. The Labute approximate surface area is 107 Å². The molecule has 2 aromatic carbocycles. The lowest BCUT2D eigenvalue weighted by Crippen LogP contribution is -1.97. The highest BCUT2D eigenvalue weighted by atomic mass is 16.5. The third-order valence-electron chi connectivity index (χ3n) is 2.70. The Morgan fingerprint density at radius 3 is 2.06 bits per heavy atom. The number of hydrogen-bond donors (Lipinski definition) is 0. The van der Waals surface area contributed by atoms with Gasteiger partial charge in [-0.2, -0.15) is 0 Å². The predicted octanol–water partition coefficient (Wildman–Crippen LogP) is 3.18. The number of rotatable bonds is 4. The summed E-state index contributed by atoms with van der Waals surface area (Å²) in [6.45, 7) is 0. The van der Waals surface area contributed by atoms with E-state index in [-0.39, 0.29) is 0 Å². The fourth-order valence-electron chi connectivity index (χ4n) is 1.85. The molecule has 18 heavy (non-hydrogen) atoms. The van der Waals surface area contributed by atoms with E-state index >= 15 is 0 Å². The molecule has 0 saturated heterocycles. The van der Waals surface area contributed by atoms with E-state index in [0.29, 0.717) is 17.2 Å². The van der Waals surface area contributed by atoms with Gasteiger partial charge < -0.3 is 14.2 Å². The maximum atomic E-state index is 5.43. The van der Waals surface area contributed by atoms with Gasteiger partial charge in [0.1, 0.15) is 0 Å². The minimum Gasteiger partial charge on any atom is -0.493 e. The van der Waals surface area contributed by atoms with Crippen LogP contribution in [0.5, 0.6) is 17.2 Å². The number of hydrogen-bond acceptors (Lipinski definition) is 3. The van der Waals surface area contributed by atoms with E-state index in [1.807, 2.05) is 30.3 Å². The van der Waals surface area contributed by atoms with Crippen molar-refractivity contribution >= 4 is 0 Å². The standard InChI is InChI=1S/C15H15O3/c1-16-13-10-9-12(11-7-5-4-6-8-11)14(17-2)15(13)18-3/h4-8,10H,1-3H3. The van der Waals surface area contributed by atoms with Crippen LogP contribution in [0.1, 0.15) is 0 Å². The van der Waals surface area contributed by atoms with Crippen molar-refractivity contribution in [3.63, 3.8) is 0 Å². The lowest BCUT2D eigenvalue weighted by atomic mass is 10.0.